The van der Waals surface area contributed by atoms with Crippen LogP contribution in [0, 0.1) is 0 Å². The third-order valence-corrected chi connectivity index (χ3v) is 13.3. The largest absolute Gasteiger partial charge is 0.310 e. The van der Waals surface area contributed by atoms with Crippen LogP contribution < -0.4 is 4.90 Å². The van der Waals surface area contributed by atoms with Gasteiger partial charge in [-0.2, -0.15) is 0 Å². The topological polar surface area (TPSA) is 8.17 Å². The zero-order valence-electron chi connectivity index (χ0n) is 32.1. The summed E-state index contributed by atoms with van der Waals surface area (Å²) >= 11 is 1.91. The van der Waals surface area contributed by atoms with Crippen LogP contribution in [0.25, 0.3) is 91.5 Å². The average molecular weight is 769 g/mol. The molecule has 10 aromatic carbocycles. The first-order valence-electron chi connectivity index (χ1n) is 20.2. The molecule has 0 amide bonds. The van der Waals surface area contributed by atoms with Gasteiger partial charge in [-0.25, -0.2) is 0 Å². The molecule has 2 aromatic heterocycles. The van der Waals surface area contributed by atoms with Crippen molar-refractivity contribution >= 4 is 91.9 Å². The first kappa shape index (κ1) is 33.7. The van der Waals surface area contributed by atoms with Crippen molar-refractivity contribution in [3.63, 3.8) is 0 Å². The van der Waals surface area contributed by atoms with E-state index in [0.29, 0.717) is 0 Å². The number of para-hydroxylation sites is 2. The molecule has 0 aliphatic heterocycles. The van der Waals surface area contributed by atoms with Gasteiger partial charge in [-0.15, -0.1) is 11.3 Å². The van der Waals surface area contributed by atoms with E-state index >= 15 is 0 Å². The molecule has 3 heteroatoms. The fraction of sp³-hybridized carbons (Fsp3) is 0. The summed E-state index contributed by atoms with van der Waals surface area (Å²) in [4.78, 5) is 2.40. The summed E-state index contributed by atoms with van der Waals surface area (Å²) in [5.41, 5.74) is 11.8. The van der Waals surface area contributed by atoms with Gasteiger partial charge in [0.1, 0.15) is 0 Å². The maximum atomic E-state index is 2.40. The Morgan fingerprint density at radius 2 is 0.881 bits per heavy atom. The minimum Gasteiger partial charge on any atom is -0.310 e. The molecule has 0 fully saturated rings. The van der Waals surface area contributed by atoms with Gasteiger partial charge in [0.05, 0.1) is 16.7 Å². The molecule has 0 saturated carbocycles. The number of hydrogen-bond acceptors (Lipinski definition) is 2. The Bertz CT molecular complexity index is 3500. The van der Waals surface area contributed by atoms with Crippen molar-refractivity contribution in [3.05, 3.63) is 218 Å². The molecule has 0 aliphatic carbocycles. The Hall–Kier alpha value is -7.46. The van der Waals surface area contributed by atoms with Crippen LogP contribution in [-0.2, 0) is 0 Å². The maximum Gasteiger partial charge on any atom is 0.0541 e. The molecule has 276 valence electrons. The maximum absolute atomic E-state index is 2.40. The highest BCUT2D eigenvalue weighted by molar-refractivity contribution is 7.27. The molecule has 0 atom stereocenters. The molecule has 12 rings (SSSR count). The molecular weight excluding hydrogens is 733 g/mol. The fourth-order valence-corrected chi connectivity index (χ4v) is 10.6. The molecule has 0 aliphatic rings. The van der Waals surface area contributed by atoms with E-state index in [9.17, 15) is 0 Å². The van der Waals surface area contributed by atoms with Gasteiger partial charge in [-0.05, 0) is 93.0 Å². The zero-order chi connectivity index (χ0) is 38.9. The van der Waals surface area contributed by atoms with Gasteiger partial charge in [0.25, 0.3) is 0 Å². The third-order valence-electron chi connectivity index (χ3n) is 12.0. The first-order valence-corrected chi connectivity index (χ1v) is 21.0. The SMILES string of the molecule is c1cc(-c2ccc(N(c3ccc(-c4cccc5c4sc4c6ccccc6ccc54)cc3)c3cccc4ccccc34)cc2)cc(-n2c3ccccc3c3ccccc32)c1. The number of benzene rings is 10. The standard InChI is InChI=1S/C56H36N2S/c1-3-17-45-38(12-1)14-10-25-52(45)57(43-33-28-40(29-34-43)47-21-11-22-50-51-35-30-39-13-2-4-18-46(39)56(51)59-55(47)50)42-31-26-37(27-32-42)41-15-9-16-44(36-41)58-53-23-7-5-19-48(53)49-20-6-8-24-54(49)58/h1-36H. The highest BCUT2D eigenvalue weighted by Gasteiger charge is 2.18. The minimum atomic E-state index is 1.11. The Kier molecular flexibility index (Phi) is 7.75. The van der Waals surface area contributed by atoms with E-state index in [2.05, 4.69) is 228 Å². The first-order chi connectivity index (χ1) is 29.3. The summed E-state index contributed by atoms with van der Waals surface area (Å²) < 4.78 is 5.07. The van der Waals surface area contributed by atoms with Gasteiger partial charge in [-0.3, -0.25) is 0 Å². The van der Waals surface area contributed by atoms with Gasteiger partial charge >= 0.3 is 0 Å². The molecule has 59 heavy (non-hydrogen) atoms. The predicted molar refractivity (Wildman–Crippen MR) is 254 cm³/mol. The Morgan fingerprint density at radius 1 is 0.339 bits per heavy atom. The van der Waals surface area contributed by atoms with Gasteiger partial charge in [0.2, 0.25) is 0 Å². The van der Waals surface area contributed by atoms with Gasteiger partial charge in [-0.1, -0.05) is 164 Å². The van der Waals surface area contributed by atoms with Gasteiger partial charge < -0.3 is 9.47 Å². The number of fused-ring (bicyclic) bond motifs is 9. The lowest BCUT2D eigenvalue weighted by atomic mass is 10.0. The summed E-state index contributed by atoms with van der Waals surface area (Å²) in [5.74, 6) is 0. The highest BCUT2D eigenvalue weighted by atomic mass is 32.1. The molecule has 2 nitrogen and oxygen atoms in total. The summed E-state index contributed by atoms with van der Waals surface area (Å²) in [6, 6.07) is 79.8. The summed E-state index contributed by atoms with van der Waals surface area (Å²) in [6.45, 7) is 0. The van der Waals surface area contributed by atoms with Gasteiger partial charge in [0.15, 0.2) is 0 Å². The average Bonchev–Trinajstić information content (AvgIpc) is 3.86. The van der Waals surface area contributed by atoms with Crippen molar-refractivity contribution in [2.75, 3.05) is 4.90 Å². The van der Waals surface area contributed by atoms with Gasteiger partial charge in [0, 0.05) is 53.4 Å². The van der Waals surface area contributed by atoms with Crippen LogP contribution in [0.2, 0.25) is 0 Å². The highest BCUT2D eigenvalue weighted by Crippen LogP contribution is 2.45. The predicted octanol–water partition coefficient (Wildman–Crippen LogP) is 16.3. The van der Waals surface area contributed by atoms with Crippen molar-refractivity contribution in [1.82, 2.24) is 4.57 Å². The van der Waals surface area contributed by atoms with Crippen LogP contribution in [0.5, 0.6) is 0 Å². The van der Waals surface area contributed by atoms with Crippen LogP contribution in [0.1, 0.15) is 0 Å². The zero-order valence-corrected chi connectivity index (χ0v) is 32.9. The molecule has 2 heterocycles. The monoisotopic (exact) mass is 768 g/mol. The van der Waals surface area contributed by atoms with Crippen molar-refractivity contribution in [2.24, 2.45) is 0 Å². The fourth-order valence-electron chi connectivity index (χ4n) is 9.20. The molecule has 0 unspecified atom stereocenters. The van der Waals surface area contributed by atoms with E-state index in [0.717, 1.165) is 22.7 Å². The lowest BCUT2D eigenvalue weighted by Crippen LogP contribution is -2.10. The lowest BCUT2D eigenvalue weighted by Gasteiger charge is -2.27. The molecule has 0 radical (unpaired) electrons. The summed E-state index contributed by atoms with van der Waals surface area (Å²) in [6.07, 6.45) is 0. The molecular formula is C56H36N2S. The second-order valence-corrected chi connectivity index (χ2v) is 16.3. The van der Waals surface area contributed by atoms with Crippen molar-refractivity contribution in [1.29, 1.82) is 0 Å². The van der Waals surface area contributed by atoms with E-state index in [1.54, 1.807) is 0 Å². The number of hydrogen-bond donors (Lipinski definition) is 0. The molecule has 0 saturated heterocycles. The van der Waals surface area contributed by atoms with Crippen LogP contribution in [0.4, 0.5) is 17.1 Å². The summed E-state index contributed by atoms with van der Waals surface area (Å²) in [5, 5.41) is 10.2. The molecule has 0 bridgehead atoms. The molecule has 12 aromatic rings. The van der Waals surface area contributed by atoms with Crippen molar-refractivity contribution in [2.45, 2.75) is 0 Å². The number of thiophene rings is 1. The smallest absolute Gasteiger partial charge is 0.0541 e. The number of rotatable bonds is 6. The Morgan fingerprint density at radius 3 is 1.61 bits per heavy atom. The normalized spacial score (nSPS) is 11.7. The van der Waals surface area contributed by atoms with Crippen LogP contribution in [0.15, 0.2) is 218 Å². The molecule has 0 N–H and O–H groups in total. The lowest BCUT2D eigenvalue weighted by molar-refractivity contribution is 1.18. The van der Waals surface area contributed by atoms with E-state index in [4.69, 9.17) is 0 Å². The Labute approximate surface area is 346 Å². The van der Waals surface area contributed by atoms with Crippen LogP contribution in [-0.4, -0.2) is 4.57 Å². The number of nitrogens with zero attached hydrogens (tertiary/aromatic N) is 2. The third kappa shape index (κ3) is 5.47. The van der Waals surface area contributed by atoms with E-state index in [-0.39, 0.29) is 0 Å². The second kappa shape index (κ2) is 13.6. The van der Waals surface area contributed by atoms with Crippen LogP contribution in [0.3, 0.4) is 0 Å². The van der Waals surface area contributed by atoms with Crippen molar-refractivity contribution in [3.8, 4) is 27.9 Å². The minimum absolute atomic E-state index is 1.11. The van der Waals surface area contributed by atoms with E-state index in [1.165, 1.54) is 85.8 Å². The van der Waals surface area contributed by atoms with E-state index < -0.39 is 0 Å². The van der Waals surface area contributed by atoms with E-state index in [1.807, 2.05) is 11.3 Å². The second-order valence-electron chi connectivity index (χ2n) is 15.3. The Balaban J connectivity index is 0.947. The van der Waals surface area contributed by atoms with Crippen molar-refractivity contribution < 1.29 is 0 Å². The number of aromatic nitrogens is 1. The summed E-state index contributed by atoms with van der Waals surface area (Å²) in [7, 11) is 0. The number of anilines is 3. The van der Waals surface area contributed by atoms with Crippen LogP contribution >= 0.6 is 11.3 Å². The quantitative estimate of drug-likeness (QED) is 0.164. The molecule has 0 spiro atoms.